The Morgan fingerprint density at radius 2 is 2.36 bits per heavy atom. The van der Waals surface area contributed by atoms with Crippen molar-refractivity contribution in [2.24, 2.45) is 5.92 Å². The molecule has 0 aliphatic rings. The minimum Gasteiger partial charge on any atom is -0.383 e. The maximum absolute atomic E-state index is 11.5. The van der Waals surface area contributed by atoms with E-state index in [1.54, 1.807) is 18.3 Å². The van der Waals surface area contributed by atoms with Gasteiger partial charge in [-0.1, -0.05) is 13.8 Å². The molecular weight excluding hydrogens is 178 g/mol. The van der Waals surface area contributed by atoms with Crippen LogP contribution in [-0.2, 0) is 0 Å². The normalized spacial score (nSPS) is 10.2. The fraction of sp³-hybridized carbons (Fsp3) is 0.400. The second-order valence-electron chi connectivity index (χ2n) is 3.54. The summed E-state index contributed by atoms with van der Waals surface area (Å²) >= 11 is 0. The van der Waals surface area contributed by atoms with E-state index in [1.807, 2.05) is 13.8 Å². The van der Waals surface area contributed by atoms with Gasteiger partial charge < -0.3 is 11.1 Å². The van der Waals surface area contributed by atoms with Gasteiger partial charge in [0.1, 0.15) is 5.82 Å². The zero-order valence-electron chi connectivity index (χ0n) is 8.45. The van der Waals surface area contributed by atoms with Crippen LogP contribution in [0.5, 0.6) is 0 Å². The topological polar surface area (TPSA) is 68.0 Å². The van der Waals surface area contributed by atoms with Crippen molar-refractivity contribution in [1.29, 1.82) is 0 Å². The number of nitrogens with one attached hydrogen (secondary N) is 1. The lowest BCUT2D eigenvalue weighted by atomic mass is 10.2. The Morgan fingerprint density at radius 3 is 2.93 bits per heavy atom. The van der Waals surface area contributed by atoms with Crippen molar-refractivity contribution in [2.45, 2.75) is 13.8 Å². The quantitative estimate of drug-likeness (QED) is 0.754. The first-order valence-corrected chi connectivity index (χ1v) is 4.60. The average molecular weight is 193 g/mol. The van der Waals surface area contributed by atoms with E-state index in [2.05, 4.69) is 10.3 Å². The zero-order chi connectivity index (χ0) is 10.6. The molecule has 0 spiro atoms. The van der Waals surface area contributed by atoms with E-state index in [1.165, 1.54) is 0 Å². The summed E-state index contributed by atoms with van der Waals surface area (Å²) in [6.07, 6.45) is 1.56. The summed E-state index contributed by atoms with van der Waals surface area (Å²) in [4.78, 5) is 15.4. The van der Waals surface area contributed by atoms with E-state index in [0.717, 1.165) is 0 Å². The molecule has 0 bridgehead atoms. The Bertz CT molecular complexity index is 323. The highest BCUT2D eigenvalue weighted by Gasteiger charge is 2.09. The number of carbonyl (C=O) groups is 1. The monoisotopic (exact) mass is 193 g/mol. The summed E-state index contributed by atoms with van der Waals surface area (Å²) in [6.45, 7) is 4.72. The van der Waals surface area contributed by atoms with E-state index in [4.69, 9.17) is 5.73 Å². The first kappa shape index (κ1) is 10.5. The molecule has 4 heteroatoms. The van der Waals surface area contributed by atoms with Crippen LogP contribution in [0.1, 0.15) is 24.2 Å². The lowest BCUT2D eigenvalue weighted by molar-refractivity contribution is 0.0949. The number of nitrogens with two attached hydrogens (primary N) is 1. The summed E-state index contributed by atoms with van der Waals surface area (Å²) in [5.41, 5.74) is 5.99. The van der Waals surface area contributed by atoms with Crippen molar-refractivity contribution in [3.05, 3.63) is 23.9 Å². The summed E-state index contributed by atoms with van der Waals surface area (Å²) in [5, 5.41) is 2.78. The standard InChI is InChI=1S/C10H15N3O/c1-7(2)6-13-10(14)8-4-3-5-12-9(8)11/h3-5,7H,6H2,1-2H3,(H2,11,12)(H,13,14). The Kier molecular flexibility index (Phi) is 3.45. The number of amides is 1. The average Bonchev–Trinajstić information content (AvgIpc) is 2.15. The second-order valence-corrected chi connectivity index (χ2v) is 3.54. The molecule has 0 aromatic carbocycles. The molecule has 0 aliphatic carbocycles. The van der Waals surface area contributed by atoms with Gasteiger partial charge in [-0.25, -0.2) is 4.98 Å². The van der Waals surface area contributed by atoms with Crippen molar-refractivity contribution in [3.63, 3.8) is 0 Å². The molecular formula is C10H15N3O. The Morgan fingerprint density at radius 1 is 1.64 bits per heavy atom. The van der Waals surface area contributed by atoms with Gasteiger partial charge in [0, 0.05) is 12.7 Å². The second kappa shape index (κ2) is 4.60. The highest BCUT2D eigenvalue weighted by atomic mass is 16.1. The number of aromatic nitrogens is 1. The van der Waals surface area contributed by atoms with Gasteiger partial charge in [-0.05, 0) is 18.1 Å². The predicted molar refractivity (Wildman–Crippen MR) is 55.8 cm³/mol. The molecule has 14 heavy (non-hydrogen) atoms. The maximum Gasteiger partial charge on any atom is 0.255 e. The highest BCUT2D eigenvalue weighted by molar-refractivity contribution is 5.98. The van der Waals surface area contributed by atoms with Crippen LogP contribution in [0.4, 0.5) is 5.82 Å². The van der Waals surface area contributed by atoms with Crippen LogP contribution >= 0.6 is 0 Å². The van der Waals surface area contributed by atoms with Crippen LogP contribution in [0.25, 0.3) is 0 Å². The largest absolute Gasteiger partial charge is 0.383 e. The number of nitrogens with zero attached hydrogens (tertiary/aromatic N) is 1. The van der Waals surface area contributed by atoms with Gasteiger partial charge in [-0.15, -0.1) is 0 Å². The first-order chi connectivity index (χ1) is 6.61. The Hall–Kier alpha value is -1.58. The SMILES string of the molecule is CC(C)CNC(=O)c1cccnc1N. The van der Waals surface area contributed by atoms with E-state index in [-0.39, 0.29) is 11.7 Å². The fourth-order valence-electron chi connectivity index (χ4n) is 1.00. The van der Waals surface area contributed by atoms with Gasteiger partial charge in [-0.3, -0.25) is 4.79 Å². The molecule has 4 nitrogen and oxygen atoms in total. The molecule has 1 heterocycles. The molecule has 3 N–H and O–H groups in total. The summed E-state index contributed by atoms with van der Waals surface area (Å²) in [5.74, 6) is 0.537. The molecule has 0 fully saturated rings. The fourth-order valence-corrected chi connectivity index (χ4v) is 1.00. The molecule has 1 rings (SSSR count). The van der Waals surface area contributed by atoms with Gasteiger partial charge in [0.05, 0.1) is 5.56 Å². The Labute approximate surface area is 83.5 Å². The molecule has 1 aromatic rings. The predicted octanol–water partition coefficient (Wildman–Crippen LogP) is 1.05. The van der Waals surface area contributed by atoms with Crippen molar-refractivity contribution in [2.75, 3.05) is 12.3 Å². The van der Waals surface area contributed by atoms with E-state index in [9.17, 15) is 4.79 Å². The number of hydrogen-bond donors (Lipinski definition) is 2. The molecule has 0 saturated carbocycles. The number of nitrogen functional groups attached to an aromatic ring is 1. The van der Waals surface area contributed by atoms with Gasteiger partial charge in [0.15, 0.2) is 0 Å². The third-order valence-corrected chi connectivity index (χ3v) is 1.75. The van der Waals surface area contributed by atoms with E-state index in [0.29, 0.717) is 18.0 Å². The van der Waals surface area contributed by atoms with Crippen molar-refractivity contribution < 1.29 is 4.79 Å². The van der Waals surface area contributed by atoms with E-state index >= 15 is 0 Å². The van der Waals surface area contributed by atoms with Crippen LogP contribution in [0.3, 0.4) is 0 Å². The molecule has 0 unspecified atom stereocenters. The van der Waals surface area contributed by atoms with Crippen LogP contribution in [0.15, 0.2) is 18.3 Å². The molecule has 0 radical (unpaired) electrons. The zero-order valence-corrected chi connectivity index (χ0v) is 8.45. The van der Waals surface area contributed by atoms with Crippen LogP contribution in [-0.4, -0.2) is 17.4 Å². The molecule has 1 amide bonds. The van der Waals surface area contributed by atoms with Crippen LogP contribution in [0, 0.1) is 5.92 Å². The maximum atomic E-state index is 11.5. The summed E-state index contributed by atoms with van der Waals surface area (Å²) in [7, 11) is 0. The molecule has 0 aliphatic heterocycles. The summed E-state index contributed by atoms with van der Waals surface area (Å²) in [6, 6.07) is 3.36. The van der Waals surface area contributed by atoms with Gasteiger partial charge >= 0.3 is 0 Å². The van der Waals surface area contributed by atoms with Crippen molar-refractivity contribution in [3.8, 4) is 0 Å². The minimum absolute atomic E-state index is 0.163. The highest BCUT2D eigenvalue weighted by Crippen LogP contribution is 2.06. The van der Waals surface area contributed by atoms with Gasteiger partial charge in [-0.2, -0.15) is 0 Å². The van der Waals surface area contributed by atoms with Crippen molar-refractivity contribution >= 4 is 11.7 Å². The lowest BCUT2D eigenvalue weighted by Gasteiger charge is -2.08. The lowest BCUT2D eigenvalue weighted by Crippen LogP contribution is -2.28. The van der Waals surface area contributed by atoms with E-state index < -0.39 is 0 Å². The third kappa shape index (κ3) is 2.73. The minimum atomic E-state index is -0.163. The number of hydrogen-bond acceptors (Lipinski definition) is 3. The van der Waals surface area contributed by atoms with Crippen molar-refractivity contribution in [1.82, 2.24) is 10.3 Å². The number of rotatable bonds is 3. The Balaban J connectivity index is 2.65. The smallest absolute Gasteiger partial charge is 0.255 e. The van der Waals surface area contributed by atoms with Gasteiger partial charge in [0.2, 0.25) is 0 Å². The summed E-state index contributed by atoms with van der Waals surface area (Å²) < 4.78 is 0. The van der Waals surface area contributed by atoms with Gasteiger partial charge in [0.25, 0.3) is 5.91 Å². The number of carbonyl (C=O) groups excluding carboxylic acids is 1. The van der Waals surface area contributed by atoms with Crippen LogP contribution < -0.4 is 11.1 Å². The van der Waals surface area contributed by atoms with Crippen LogP contribution in [0.2, 0.25) is 0 Å². The molecule has 0 saturated heterocycles. The molecule has 1 aromatic heterocycles. The molecule has 76 valence electrons. The first-order valence-electron chi connectivity index (χ1n) is 4.60. The number of pyridine rings is 1. The third-order valence-electron chi connectivity index (χ3n) is 1.75. The molecule has 0 atom stereocenters. The number of anilines is 1.